The summed E-state index contributed by atoms with van der Waals surface area (Å²) in [6.07, 6.45) is 3.83. The molecular formula is C18H15BrO4. The molecule has 118 valence electrons. The van der Waals surface area contributed by atoms with E-state index >= 15 is 0 Å². The predicted octanol–water partition coefficient (Wildman–Crippen LogP) is 4.19. The molecule has 0 saturated heterocycles. The molecule has 0 fully saturated rings. The molecule has 5 heteroatoms. The van der Waals surface area contributed by atoms with Crippen molar-refractivity contribution in [2.24, 2.45) is 0 Å². The van der Waals surface area contributed by atoms with Gasteiger partial charge in [0.25, 0.3) is 0 Å². The van der Waals surface area contributed by atoms with Crippen LogP contribution in [0.2, 0.25) is 0 Å². The molecule has 0 aliphatic rings. The van der Waals surface area contributed by atoms with Gasteiger partial charge in [-0.3, -0.25) is 0 Å². The van der Waals surface area contributed by atoms with Crippen molar-refractivity contribution >= 4 is 40.0 Å². The van der Waals surface area contributed by atoms with Crippen molar-refractivity contribution in [2.45, 2.75) is 0 Å². The molecule has 23 heavy (non-hydrogen) atoms. The third-order valence-electron chi connectivity index (χ3n) is 3.21. The summed E-state index contributed by atoms with van der Waals surface area (Å²) in [5.41, 5.74) is 2.86. The Morgan fingerprint density at radius 3 is 2.00 bits per heavy atom. The van der Waals surface area contributed by atoms with E-state index in [0.717, 1.165) is 15.6 Å². The molecule has 0 aliphatic heterocycles. The van der Waals surface area contributed by atoms with Gasteiger partial charge in [0.2, 0.25) is 0 Å². The lowest BCUT2D eigenvalue weighted by Crippen LogP contribution is -2.00. The molecule has 0 aliphatic carbocycles. The van der Waals surface area contributed by atoms with Gasteiger partial charge in [-0.2, -0.15) is 0 Å². The highest BCUT2D eigenvalue weighted by Gasteiger charge is 2.07. The van der Waals surface area contributed by atoms with E-state index in [0.29, 0.717) is 11.1 Å². The van der Waals surface area contributed by atoms with E-state index in [4.69, 9.17) is 0 Å². The van der Waals surface area contributed by atoms with Crippen LogP contribution in [-0.2, 0) is 9.47 Å². The van der Waals surface area contributed by atoms with Gasteiger partial charge in [0.15, 0.2) is 0 Å². The summed E-state index contributed by atoms with van der Waals surface area (Å²) in [6, 6.07) is 12.3. The lowest BCUT2D eigenvalue weighted by Gasteiger charge is -2.03. The zero-order valence-corrected chi connectivity index (χ0v) is 14.3. The molecule has 2 aromatic rings. The number of hydrogen-bond acceptors (Lipinski definition) is 4. The van der Waals surface area contributed by atoms with Crippen molar-refractivity contribution in [3.63, 3.8) is 0 Å². The van der Waals surface area contributed by atoms with Gasteiger partial charge in [0.1, 0.15) is 0 Å². The second-order valence-electron chi connectivity index (χ2n) is 4.67. The maximum absolute atomic E-state index is 11.5. The minimum atomic E-state index is -0.375. The van der Waals surface area contributed by atoms with Crippen molar-refractivity contribution < 1.29 is 19.1 Å². The zero-order chi connectivity index (χ0) is 16.8. The quantitative estimate of drug-likeness (QED) is 0.594. The summed E-state index contributed by atoms with van der Waals surface area (Å²) in [5, 5.41) is 0. The summed E-state index contributed by atoms with van der Waals surface area (Å²) >= 11 is 3.44. The summed E-state index contributed by atoms with van der Waals surface area (Å²) in [7, 11) is 2.70. The molecule has 4 nitrogen and oxygen atoms in total. The Labute approximate surface area is 142 Å². The standard InChI is InChI=1S/C18H15BrO4/c1-22-17(20)14-7-4-12(5-8-14)3-6-13-9-10-15(11-16(13)19)18(21)23-2/h3-11H,1-2H3. The number of halogens is 1. The Morgan fingerprint density at radius 1 is 0.870 bits per heavy atom. The van der Waals surface area contributed by atoms with Crippen LogP contribution < -0.4 is 0 Å². The summed E-state index contributed by atoms with van der Waals surface area (Å²) in [4.78, 5) is 22.8. The average Bonchev–Trinajstić information content (AvgIpc) is 2.59. The first kappa shape index (κ1) is 17.0. The molecule has 0 unspecified atom stereocenters. The fourth-order valence-electron chi connectivity index (χ4n) is 1.94. The van der Waals surface area contributed by atoms with Gasteiger partial charge in [0.05, 0.1) is 25.3 Å². The third-order valence-corrected chi connectivity index (χ3v) is 3.90. The third kappa shape index (κ3) is 4.29. The highest BCUT2D eigenvalue weighted by atomic mass is 79.9. The topological polar surface area (TPSA) is 52.6 Å². The Balaban J connectivity index is 2.17. The Bertz CT molecular complexity index is 748. The van der Waals surface area contributed by atoms with Crippen molar-refractivity contribution in [3.05, 3.63) is 69.2 Å². The van der Waals surface area contributed by atoms with E-state index in [1.165, 1.54) is 14.2 Å². The fraction of sp³-hybridized carbons (Fsp3) is 0.111. The van der Waals surface area contributed by atoms with Crippen LogP contribution in [0.4, 0.5) is 0 Å². The highest BCUT2D eigenvalue weighted by Crippen LogP contribution is 2.21. The van der Waals surface area contributed by atoms with Gasteiger partial charge in [-0.25, -0.2) is 9.59 Å². The number of esters is 2. The Hall–Kier alpha value is -2.40. The van der Waals surface area contributed by atoms with Crippen molar-refractivity contribution in [1.29, 1.82) is 0 Å². The van der Waals surface area contributed by atoms with E-state index in [-0.39, 0.29) is 11.9 Å². The molecular weight excluding hydrogens is 360 g/mol. The molecule has 2 rings (SSSR count). The summed E-state index contributed by atoms with van der Waals surface area (Å²) in [6.45, 7) is 0. The van der Waals surface area contributed by atoms with Crippen LogP contribution in [0.1, 0.15) is 31.8 Å². The molecule has 0 heterocycles. The molecule has 0 amide bonds. The van der Waals surface area contributed by atoms with Gasteiger partial charge in [-0.05, 0) is 35.4 Å². The first-order valence-corrected chi connectivity index (χ1v) is 7.59. The second-order valence-corrected chi connectivity index (χ2v) is 5.53. The molecule has 0 radical (unpaired) electrons. The number of carbonyl (C=O) groups excluding carboxylic acids is 2. The summed E-state index contributed by atoms with van der Waals surface area (Å²) < 4.78 is 10.1. The number of methoxy groups -OCH3 is 2. The maximum atomic E-state index is 11.5. The van der Waals surface area contributed by atoms with Crippen LogP contribution in [0, 0.1) is 0 Å². The molecule has 0 N–H and O–H groups in total. The molecule has 0 bridgehead atoms. The Morgan fingerprint density at radius 2 is 1.43 bits per heavy atom. The smallest absolute Gasteiger partial charge is 0.337 e. The van der Waals surface area contributed by atoms with E-state index in [1.807, 2.05) is 30.4 Å². The minimum absolute atomic E-state index is 0.360. The van der Waals surface area contributed by atoms with E-state index < -0.39 is 0 Å². The number of benzene rings is 2. The largest absolute Gasteiger partial charge is 0.465 e. The fourth-order valence-corrected chi connectivity index (χ4v) is 2.45. The van der Waals surface area contributed by atoms with Crippen LogP contribution in [0.15, 0.2) is 46.9 Å². The van der Waals surface area contributed by atoms with Crippen molar-refractivity contribution in [2.75, 3.05) is 14.2 Å². The first-order valence-electron chi connectivity index (χ1n) is 6.79. The first-order chi connectivity index (χ1) is 11.0. The van der Waals surface area contributed by atoms with Crippen LogP contribution in [0.25, 0.3) is 12.2 Å². The highest BCUT2D eigenvalue weighted by molar-refractivity contribution is 9.10. The van der Waals surface area contributed by atoms with Gasteiger partial charge >= 0.3 is 11.9 Å². The average molecular weight is 375 g/mol. The Kier molecular flexibility index (Phi) is 5.71. The van der Waals surface area contributed by atoms with Crippen LogP contribution in [-0.4, -0.2) is 26.2 Å². The lowest BCUT2D eigenvalue weighted by atomic mass is 10.1. The normalized spacial score (nSPS) is 10.6. The SMILES string of the molecule is COC(=O)c1ccc(C=Cc2ccc(C(=O)OC)cc2Br)cc1. The van der Waals surface area contributed by atoms with Gasteiger partial charge in [-0.15, -0.1) is 0 Å². The van der Waals surface area contributed by atoms with Crippen molar-refractivity contribution in [3.8, 4) is 0 Å². The van der Waals surface area contributed by atoms with Gasteiger partial charge in [0, 0.05) is 4.47 Å². The molecule has 0 saturated carbocycles. The maximum Gasteiger partial charge on any atom is 0.337 e. The van der Waals surface area contributed by atoms with Crippen LogP contribution >= 0.6 is 15.9 Å². The minimum Gasteiger partial charge on any atom is -0.465 e. The second kappa shape index (κ2) is 7.74. The predicted molar refractivity (Wildman–Crippen MR) is 92.2 cm³/mol. The molecule has 0 spiro atoms. The zero-order valence-electron chi connectivity index (χ0n) is 12.7. The van der Waals surface area contributed by atoms with E-state index in [2.05, 4.69) is 25.4 Å². The molecule has 0 atom stereocenters. The molecule has 0 aromatic heterocycles. The van der Waals surface area contributed by atoms with Gasteiger partial charge in [-0.1, -0.05) is 46.3 Å². The van der Waals surface area contributed by atoms with Crippen LogP contribution in [0.5, 0.6) is 0 Å². The summed E-state index contributed by atoms with van der Waals surface area (Å²) in [5.74, 6) is -0.735. The number of carbonyl (C=O) groups is 2. The molecule has 2 aromatic carbocycles. The number of hydrogen-bond donors (Lipinski definition) is 0. The monoisotopic (exact) mass is 374 g/mol. The number of rotatable bonds is 4. The van der Waals surface area contributed by atoms with Crippen molar-refractivity contribution in [1.82, 2.24) is 0 Å². The van der Waals surface area contributed by atoms with Crippen LogP contribution in [0.3, 0.4) is 0 Å². The number of ether oxygens (including phenoxy) is 2. The van der Waals surface area contributed by atoms with Gasteiger partial charge < -0.3 is 9.47 Å². The lowest BCUT2D eigenvalue weighted by molar-refractivity contribution is 0.0592. The van der Waals surface area contributed by atoms with E-state index in [9.17, 15) is 9.59 Å². The van der Waals surface area contributed by atoms with E-state index in [1.54, 1.807) is 24.3 Å².